The van der Waals surface area contributed by atoms with E-state index in [-0.39, 0.29) is 11.4 Å². The molecule has 132 valence electrons. The lowest BCUT2D eigenvalue weighted by molar-refractivity contribution is 0.182. The highest BCUT2D eigenvalue weighted by molar-refractivity contribution is 7.89. The molecule has 1 atom stereocenters. The number of benzene rings is 2. The van der Waals surface area contributed by atoms with Gasteiger partial charge in [-0.15, -0.1) is 0 Å². The Balaban J connectivity index is 1.76. The van der Waals surface area contributed by atoms with Crippen molar-refractivity contribution in [1.82, 2.24) is 9.29 Å². The average Bonchev–Trinajstić information content (AvgIpc) is 2.93. The molecule has 2 N–H and O–H groups in total. The van der Waals surface area contributed by atoms with Gasteiger partial charge in [0.05, 0.1) is 11.0 Å². The summed E-state index contributed by atoms with van der Waals surface area (Å²) in [6.07, 6.45) is 0.932. The molecule has 3 aromatic rings. The highest BCUT2D eigenvalue weighted by Crippen LogP contribution is 2.22. The summed E-state index contributed by atoms with van der Waals surface area (Å²) in [4.78, 5) is -0.000360. The summed E-state index contributed by atoms with van der Waals surface area (Å²) < 4.78 is 42.2. The van der Waals surface area contributed by atoms with Gasteiger partial charge in [0.1, 0.15) is 5.82 Å². The Morgan fingerprint density at radius 2 is 1.96 bits per heavy atom. The first-order valence-corrected chi connectivity index (χ1v) is 9.25. The van der Waals surface area contributed by atoms with Crippen molar-refractivity contribution in [3.63, 3.8) is 0 Å². The summed E-state index contributed by atoms with van der Waals surface area (Å²) in [5, 5.41) is 11.3. The SMILES string of the molecule is Cc1cc(F)ccc1S(=O)(=O)NCC(O)c1ccc2c(ccn2C)c1. The third kappa shape index (κ3) is 3.58. The van der Waals surface area contributed by atoms with Crippen molar-refractivity contribution in [3.8, 4) is 0 Å². The van der Waals surface area contributed by atoms with Crippen LogP contribution in [0, 0.1) is 12.7 Å². The van der Waals surface area contributed by atoms with Crippen molar-refractivity contribution in [1.29, 1.82) is 0 Å². The monoisotopic (exact) mass is 362 g/mol. The van der Waals surface area contributed by atoms with Crippen LogP contribution in [0.4, 0.5) is 4.39 Å². The van der Waals surface area contributed by atoms with Gasteiger partial charge >= 0.3 is 0 Å². The highest BCUT2D eigenvalue weighted by atomic mass is 32.2. The number of nitrogens with zero attached hydrogens (tertiary/aromatic N) is 1. The number of hydrogen-bond acceptors (Lipinski definition) is 3. The van der Waals surface area contributed by atoms with Gasteiger partial charge in [-0.25, -0.2) is 17.5 Å². The molecule has 0 fully saturated rings. The van der Waals surface area contributed by atoms with Gasteiger partial charge in [0.2, 0.25) is 10.0 Å². The van der Waals surface area contributed by atoms with E-state index in [1.54, 1.807) is 6.07 Å². The first-order chi connectivity index (χ1) is 11.8. The van der Waals surface area contributed by atoms with Crippen LogP contribution in [0.3, 0.4) is 0 Å². The second kappa shape index (κ2) is 6.59. The highest BCUT2D eigenvalue weighted by Gasteiger charge is 2.19. The van der Waals surface area contributed by atoms with E-state index in [0.29, 0.717) is 11.1 Å². The number of halogens is 1. The Labute approximate surface area is 145 Å². The zero-order chi connectivity index (χ0) is 18.2. The number of rotatable bonds is 5. The molecule has 25 heavy (non-hydrogen) atoms. The molecule has 0 aliphatic heterocycles. The van der Waals surface area contributed by atoms with Crippen molar-refractivity contribution >= 4 is 20.9 Å². The zero-order valence-corrected chi connectivity index (χ0v) is 14.7. The fourth-order valence-corrected chi connectivity index (χ4v) is 4.07. The van der Waals surface area contributed by atoms with Gasteiger partial charge in [-0.1, -0.05) is 6.07 Å². The molecular weight excluding hydrogens is 343 g/mol. The number of aliphatic hydroxyl groups is 1. The van der Waals surface area contributed by atoms with Gasteiger partial charge in [-0.2, -0.15) is 0 Å². The standard InChI is InChI=1S/C18H19FN2O3S/c1-12-9-15(19)4-6-18(12)25(23,24)20-11-17(22)14-3-5-16-13(10-14)7-8-21(16)2/h3-10,17,20,22H,11H2,1-2H3. The summed E-state index contributed by atoms with van der Waals surface area (Å²) in [5.74, 6) is -0.493. The Bertz CT molecular complexity index is 1030. The van der Waals surface area contributed by atoms with Crippen LogP contribution >= 0.6 is 0 Å². The maximum atomic E-state index is 13.1. The van der Waals surface area contributed by atoms with Crippen LogP contribution in [0.2, 0.25) is 0 Å². The number of aromatic nitrogens is 1. The summed E-state index contributed by atoms with van der Waals surface area (Å²) in [7, 11) is -1.90. The fraction of sp³-hybridized carbons (Fsp3) is 0.222. The molecule has 0 radical (unpaired) electrons. The minimum Gasteiger partial charge on any atom is -0.387 e. The molecule has 0 saturated carbocycles. The molecule has 1 unspecified atom stereocenters. The van der Waals surface area contributed by atoms with E-state index >= 15 is 0 Å². The van der Waals surface area contributed by atoms with E-state index in [1.807, 2.05) is 36.0 Å². The molecule has 0 spiro atoms. The smallest absolute Gasteiger partial charge is 0.240 e. The van der Waals surface area contributed by atoms with E-state index in [0.717, 1.165) is 23.0 Å². The Kier molecular flexibility index (Phi) is 4.64. The molecule has 0 bridgehead atoms. The van der Waals surface area contributed by atoms with Crippen molar-refractivity contribution in [3.05, 3.63) is 65.6 Å². The largest absolute Gasteiger partial charge is 0.387 e. The van der Waals surface area contributed by atoms with Gasteiger partial charge < -0.3 is 9.67 Å². The average molecular weight is 362 g/mol. The Morgan fingerprint density at radius 3 is 2.68 bits per heavy atom. The van der Waals surface area contributed by atoms with Gasteiger partial charge in [-0.05, 0) is 59.8 Å². The number of hydrogen-bond donors (Lipinski definition) is 2. The summed E-state index contributed by atoms with van der Waals surface area (Å²) in [6, 6.07) is 10.9. The van der Waals surface area contributed by atoms with Crippen LogP contribution in [-0.4, -0.2) is 24.6 Å². The third-order valence-corrected chi connectivity index (χ3v) is 5.77. The first kappa shape index (κ1) is 17.6. The van der Waals surface area contributed by atoms with Crippen molar-refractivity contribution < 1.29 is 17.9 Å². The molecule has 0 saturated heterocycles. The topological polar surface area (TPSA) is 71.3 Å². The minimum atomic E-state index is -3.83. The Morgan fingerprint density at radius 1 is 1.20 bits per heavy atom. The van der Waals surface area contributed by atoms with Gasteiger partial charge in [-0.3, -0.25) is 0 Å². The number of fused-ring (bicyclic) bond motifs is 1. The van der Waals surface area contributed by atoms with Crippen LogP contribution in [-0.2, 0) is 17.1 Å². The molecule has 1 heterocycles. The molecule has 5 nitrogen and oxygen atoms in total. The van der Waals surface area contributed by atoms with Crippen LogP contribution < -0.4 is 4.72 Å². The molecular formula is C18H19FN2O3S. The molecule has 0 aliphatic rings. The van der Waals surface area contributed by atoms with Crippen LogP contribution in [0.25, 0.3) is 10.9 Å². The molecule has 2 aromatic carbocycles. The predicted octanol–water partition coefficient (Wildman–Crippen LogP) is 2.64. The lowest BCUT2D eigenvalue weighted by atomic mass is 10.1. The van der Waals surface area contributed by atoms with E-state index < -0.39 is 21.9 Å². The predicted molar refractivity (Wildman–Crippen MR) is 94.2 cm³/mol. The quantitative estimate of drug-likeness (QED) is 0.733. The maximum Gasteiger partial charge on any atom is 0.240 e. The third-order valence-electron chi connectivity index (χ3n) is 4.19. The normalized spacial score (nSPS) is 13.3. The zero-order valence-electron chi connectivity index (χ0n) is 13.9. The van der Waals surface area contributed by atoms with Crippen LogP contribution in [0.15, 0.2) is 53.6 Å². The summed E-state index contributed by atoms with van der Waals surface area (Å²) in [5.41, 5.74) is 1.96. The molecule has 0 aliphatic carbocycles. The number of nitrogens with one attached hydrogen (secondary N) is 1. The van der Waals surface area contributed by atoms with E-state index in [4.69, 9.17) is 0 Å². The molecule has 3 rings (SSSR count). The lowest BCUT2D eigenvalue weighted by Crippen LogP contribution is -2.29. The van der Waals surface area contributed by atoms with Gasteiger partial charge in [0, 0.05) is 25.3 Å². The van der Waals surface area contributed by atoms with Crippen LogP contribution in [0.5, 0.6) is 0 Å². The second-order valence-electron chi connectivity index (χ2n) is 6.02. The van der Waals surface area contributed by atoms with Gasteiger partial charge in [0.15, 0.2) is 0 Å². The molecule has 0 amide bonds. The van der Waals surface area contributed by atoms with Crippen molar-refractivity contribution in [2.24, 2.45) is 7.05 Å². The van der Waals surface area contributed by atoms with E-state index in [9.17, 15) is 17.9 Å². The number of aryl methyl sites for hydroxylation is 2. The second-order valence-corrected chi connectivity index (χ2v) is 7.76. The van der Waals surface area contributed by atoms with Crippen molar-refractivity contribution in [2.45, 2.75) is 17.9 Å². The molecule has 7 heteroatoms. The summed E-state index contributed by atoms with van der Waals surface area (Å²) >= 11 is 0. The minimum absolute atomic E-state index is 0.000360. The van der Waals surface area contributed by atoms with E-state index in [2.05, 4.69) is 4.72 Å². The van der Waals surface area contributed by atoms with E-state index in [1.165, 1.54) is 13.0 Å². The lowest BCUT2D eigenvalue weighted by Gasteiger charge is -2.14. The Hall–Kier alpha value is -2.22. The van der Waals surface area contributed by atoms with Crippen molar-refractivity contribution in [2.75, 3.05) is 6.54 Å². The number of sulfonamides is 1. The first-order valence-electron chi connectivity index (χ1n) is 7.77. The fourth-order valence-electron chi connectivity index (χ4n) is 2.81. The summed E-state index contributed by atoms with van der Waals surface area (Å²) in [6.45, 7) is 1.36. The van der Waals surface area contributed by atoms with Crippen LogP contribution in [0.1, 0.15) is 17.2 Å². The number of aliphatic hydroxyl groups excluding tert-OH is 1. The molecule has 1 aromatic heterocycles. The van der Waals surface area contributed by atoms with Gasteiger partial charge in [0.25, 0.3) is 0 Å². The maximum absolute atomic E-state index is 13.1.